The summed E-state index contributed by atoms with van der Waals surface area (Å²) in [6.45, 7) is 11.9. The maximum Gasteiger partial charge on any atom is 0.314 e. The molecule has 130 valence electrons. The van der Waals surface area contributed by atoms with E-state index < -0.39 is 0 Å². The maximum absolute atomic E-state index is 11.8. The number of hydrogen-bond acceptors (Lipinski definition) is 3. The molecule has 1 aliphatic rings. The van der Waals surface area contributed by atoms with Gasteiger partial charge in [0.05, 0.1) is 5.69 Å². The highest BCUT2D eigenvalue weighted by atomic mass is 16.2. The summed E-state index contributed by atoms with van der Waals surface area (Å²) in [7, 11) is 0. The lowest BCUT2D eigenvalue weighted by Gasteiger charge is -2.30. The van der Waals surface area contributed by atoms with Crippen LogP contribution in [0.1, 0.15) is 37.6 Å². The van der Waals surface area contributed by atoms with Gasteiger partial charge < -0.3 is 15.5 Å². The number of likely N-dealkylation sites (tertiary alicyclic amines) is 1. The van der Waals surface area contributed by atoms with E-state index >= 15 is 0 Å². The maximum atomic E-state index is 11.8. The Kier molecular flexibility index (Phi) is 6.89. The second-order valence-corrected chi connectivity index (χ2v) is 6.71. The number of carbonyl (C=O) groups is 1. The number of urea groups is 1. The van der Waals surface area contributed by atoms with Gasteiger partial charge in [-0.15, -0.1) is 0 Å². The minimum Gasteiger partial charge on any atom is -0.338 e. The van der Waals surface area contributed by atoms with Crippen LogP contribution in [0.3, 0.4) is 0 Å². The van der Waals surface area contributed by atoms with Gasteiger partial charge in [-0.2, -0.15) is 5.10 Å². The Hall–Kier alpha value is -1.56. The lowest BCUT2D eigenvalue weighted by Crippen LogP contribution is -2.42. The minimum absolute atomic E-state index is 0.0660. The molecule has 2 amide bonds. The van der Waals surface area contributed by atoms with Crippen LogP contribution >= 0.6 is 0 Å². The molecule has 2 heterocycles. The molecule has 0 saturated carbocycles. The second kappa shape index (κ2) is 8.91. The number of rotatable bonds is 7. The molecule has 1 aromatic rings. The highest BCUT2D eigenvalue weighted by Crippen LogP contribution is 2.14. The third-order valence-corrected chi connectivity index (χ3v) is 4.53. The molecule has 0 spiro atoms. The Labute approximate surface area is 139 Å². The number of piperidine rings is 1. The molecule has 0 atom stereocenters. The fraction of sp³-hybridized carbons (Fsp3) is 0.765. The molecule has 0 unspecified atom stereocenters. The smallest absolute Gasteiger partial charge is 0.314 e. The van der Waals surface area contributed by atoms with E-state index in [9.17, 15) is 4.79 Å². The molecular formula is C17H31N5O. The molecular weight excluding hydrogens is 290 g/mol. The third kappa shape index (κ3) is 6.22. The van der Waals surface area contributed by atoms with Crippen LogP contribution in [0.5, 0.6) is 0 Å². The molecule has 0 aromatic carbocycles. The number of nitrogens with zero attached hydrogens (tertiary/aromatic N) is 3. The van der Waals surface area contributed by atoms with Crippen LogP contribution in [0.4, 0.5) is 4.79 Å². The van der Waals surface area contributed by atoms with Gasteiger partial charge in [-0.1, -0.05) is 6.92 Å². The van der Waals surface area contributed by atoms with Gasteiger partial charge in [0.1, 0.15) is 0 Å². The Morgan fingerprint density at radius 1 is 1.22 bits per heavy atom. The van der Waals surface area contributed by atoms with E-state index in [4.69, 9.17) is 0 Å². The zero-order chi connectivity index (χ0) is 16.7. The number of carbonyl (C=O) groups excluding carboxylic acids is 1. The van der Waals surface area contributed by atoms with E-state index in [1.165, 1.54) is 18.5 Å². The van der Waals surface area contributed by atoms with Gasteiger partial charge in [0.15, 0.2) is 0 Å². The van der Waals surface area contributed by atoms with Gasteiger partial charge >= 0.3 is 6.03 Å². The third-order valence-electron chi connectivity index (χ3n) is 4.53. The molecule has 2 N–H and O–H groups in total. The molecule has 1 aromatic heterocycles. The Bertz CT molecular complexity index is 491. The number of nitrogens with one attached hydrogen (secondary N) is 2. The van der Waals surface area contributed by atoms with Gasteiger partial charge in [-0.3, -0.25) is 4.68 Å². The van der Waals surface area contributed by atoms with Gasteiger partial charge in [0, 0.05) is 31.9 Å². The average molecular weight is 321 g/mol. The van der Waals surface area contributed by atoms with Crippen molar-refractivity contribution in [3.8, 4) is 0 Å². The quantitative estimate of drug-likeness (QED) is 0.754. The van der Waals surface area contributed by atoms with Crippen molar-refractivity contribution in [3.63, 3.8) is 0 Å². The van der Waals surface area contributed by atoms with E-state index in [0.29, 0.717) is 6.54 Å². The largest absolute Gasteiger partial charge is 0.338 e. The van der Waals surface area contributed by atoms with Crippen LogP contribution in [0.15, 0.2) is 6.07 Å². The molecule has 2 rings (SSSR count). The lowest BCUT2D eigenvalue weighted by atomic mass is 9.99. The molecule has 0 bridgehead atoms. The molecule has 23 heavy (non-hydrogen) atoms. The number of aromatic nitrogens is 2. The Balaban J connectivity index is 1.51. The van der Waals surface area contributed by atoms with E-state index in [1.807, 2.05) is 11.6 Å². The first-order chi connectivity index (χ1) is 11.0. The summed E-state index contributed by atoms with van der Waals surface area (Å²) < 4.78 is 1.99. The second-order valence-electron chi connectivity index (χ2n) is 6.71. The van der Waals surface area contributed by atoms with Crippen molar-refractivity contribution in [1.82, 2.24) is 25.3 Å². The summed E-state index contributed by atoms with van der Waals surface area (Å²) in [5.41, 5.74) is 2.21. The van der Waals surface area contributed by atoms with Crippen LogP contribution in [0.2, 0.25) is 0 Å². The van der Waals surface area contributed by atoms with Crippen LogP contribution in [0, 0.1) is 19.8 Å². The molecule has 1 fully saturated rings. The van der Waals surface area contributed by atoms with E-state index in [1.54, 1.807) is 0 Å². The normalized spacial score (nSPS) is 16.5. The monoisotopic (exact) mass is 321 g/mol. The minimum atomic E-state index is -0.0660. The van der Waals surface area contributed by atoms with Crippen LogP contribution in [-0.4, -0.2) is 53.4 Å². The van der Waals surface area contributed by atoms with Crippen LogP contribution in [0.25, 0.3) is 0 Å². The van der Waals surface area contributed by atoms with Crippen molar-refractivity contribution < 1.29 is 4.79 Å². The van der Waals surface area contributed by atoms with Gasteiger partial charge in [-0.25, -0.2) is 4.79 Å². The summed E-state index contributed by atoms with van der Waals surface area (Å²) in [6.07, 6.45) is 3.44. The van der Waals surface area contributed by atoms with E-state index in [2.05, 4.69) is 40.5 Å². The van der Waals surface area contributed by atoms with Crippen molar-refractivity contribution in [2.75, 3.05) is 32.7 Å². The highest BCUT2D eigenvalue weighted by Gasteiger charge is 2.15. The Morgan fingerprint density at radius 2 is 1.91 bits per heavy atom. The summed E-state index contributed by atoms with van der Waals surface area (Å²) in [4.78, 5) is 14.2. The standard InChI is InChI=1S/C17H31N5O/c1-14-5-10-21(11-6-14)12-8-19-17(23)18-7-4-9-22-16(3)13-15(2)20-22/h13-14H,4-12H2,1-3H3,(H2,18,19,23). The molecule has 6 heteroatoms. The molecule has 1 aliphatic heterocycles. The first-order valence-corrected chi connectivity index (χ1v) is 8.79. The molecule has 0 aliphatic carbocycles. The van der Waals surface area contributed by atoms with Crippen molar-refractivity contribution in [2.24, 2.45) is 5.92 Å². The topological polar surface area (TPSA) is 62.2 Å². The first-order valence-electron chi connectivity index (χ1n) is 8.79. The van der Waals surface area contributed by atoms with Crippen molar-refractivity contribution in [2.45, 2.75) is 46.6 Å². The van der Waals surface area contributed by atoms with Crippen molar-refractivity contribution in [1.29, 1.82) is 0 Å². The van der Waals surface area contributed by atoms with Crippen LogP contribution in [-0.2, 0) is 6.54 Å². The van der Waals surface area contributed by atoms with Gasteiger partial charge in [0.25, 0.3) is 0 Å². The van der Waals surface area contributed by atoms with E-state index in [0.717, 1.165) is 50.8 Å². The van der Waals surface area contributed by atoms with Crippen molar-refractivity contribution >= 4 is 6.03 Å². The number of hydrogen-bond donors (Lipinski definition) is 2. The molecule has 1 saturated heterocycles. The number of aryl methyl sites for hydroxylation is 3. The average Bonchev–Trinajstić information content (AvgIpc) is 2.83. The zero-order valence-electron chi connectivity index (χ0n) is 14.8. The lowest BCUT2D eigenvalue weighted by molar-refractivity contribution is 0.191. The predicted octanol–water partition coefficient (Wildman–Crippen LogP) is 1.92. The predicted molar refractivity (Wildman–Crippen MR) is 92.6 cm³/mol. The summed E-state index contributed by atoms with van der Waals surface area (Å²) in [5, 5.41) is 10.3. The fourth-order valence-corrected chi connectivity index (χ4v) is 3.01. The number of amides is 2. The van der Waals surface area contributed by atoms with Gasteiger partial charge in [0.2, 0.25) is 0 Å². The van der Waals surface area contributed by atoms with Crippen LogP contribution < -0.4 is 10.6 Å². The zero-order valence-corrected chi connectivity index (χ0v) is 14.8. The first kappa shape index (κ1) is 17.8. The van der Waals surface area contributed by atoms with Gasteiger partial charge in [-0.05, 0) is 58.2 Å². The van der Waals surface area contributed by atoms with Crippen molar-refractivity contribution in [3.05, 3.63) is 17.5 Å². The summed E-state index contributed by atoms with van der Waals surface area (Å²) >= 11 is 0. The Morgan fingerprint density at radius 3 is 2.57 bits per heavy atom. The SMILES string of the molecule is Cc1cc(C)n(CCCNC(=O)NCCN2CCC(C)CC2)n1. The summed E-state index contributed by atoms with van der Waals surface area (Å²) in [5.74, 6) is 0.852. The molecule has 6 nitrogen and oxygen atoms in total. The highest BCUT2D eigenvalue weighted by molar-refractivity contribution is 5.73. The van der Waals surface area contributed by atoms with E-state index in [-0.39, 0.29) is 6.03 Å². The summed E-state index contributed by atoms with van der Waals surface area (Å²) in [6, 6.07) is 2.00. The molecule has 0 radical (unpaired) electrons. The fourth-order valence-electron chi connectivity index (χ4n) is 3.01.